The van der Waals surface area contributed by atoms with E-state index < -0.39 is 23.4 Å². The zero-order valence-corrected chi connectivity index (χ0v) is 15.2. The number of pyridine rings is 1. The van der Waals surface area contributed by atoms with Gasteiger partial charge in [-0.1, -0.05) is 6.07 Å². The molecule has 0 atom stereocenters. The van der Waals surface area contributed by atoms with Crippen LogP contribution in [0.2, 0.25) is 0 Å². The van der Waals surface area contributed by atoms with E-state index in [1.165, 1.54) is 24.4 Å². The van der Waals surface area contributed by atoms with E-state index in [1.54, 1.807) is 0 Å². The van der Waals surface area contributed by atoms with Crippen LogP contribution in [0.4, 0.5) is 20.2 Å². The summed E-state index contributed by atoms with van der Waals surface area (Å²) in [6.07, 6.45) is 1.33. The number of rotatable bonds is 4. The quantitative estimate of drug-likeness (QED) is 0.700. The number of amides is 2. The molecule has 7 heteroatoms. The first-order valence-electron chi connectivity index (χ1n) is 8.44. The van der Waals surface area contributed by atoms with Gasteiger partial charge in [-0.3, -0.25) is 14.6 Å². The molecular formula is C21H17F2N3O2. The zero-order valence-electron chi connectivity index (χ0n) is 15.2. The Morgan fingerprint density at radius 3 is 2.14 bits per heavy atom. The summed E-state index contributed by atoms with van der Waals surface area (Å²) in [5.74, 6) is -3.13. The highest BCUT2D eigenvalue weighted by molar-refractivity contribution is 6.07. The van der Waals surface area contributed by atoms with Gasteiger partial charge in [0.05, 0.1) is 0 Å². The molecule has 3 aromatic rings. The second-order valence-electron chi connectivity index (χ2n) is 6.34. The van der Waals surface area contributed by atoms with E-state index in [1.807, 2.05) is 32.0 Å². The summed E-state index contributed by atoms with van der Waals surface area (Å²) in [5.41, 5.74) is 2.96. The number of hydrogen-bond acceptors (Lipinski definition) is 3. The molecule has 5 nitrogen and oxygen atoms in total. The van der Waals surface area contributed by atoms with Crippen molar-refractivity contribution in [2.45, 2.75) is 13.8 Å². The third kappa shape index (κ3) is 4.56. The van der Waals surface area contributed by atoms with Gasteiger partial charge in [-0.25, -0.2) is 8.78 Å². The van der Waals surface area contributed by atoms with Crippen molar-refractivity contribution in [1.29, 1.82) is 0 Å². The molecule has 0 radical (unpaired) electrons. The molecule has 1 aromatic heterocycles. The van der Waals surface area contributed by atoms with Gasteiger partial charge in [-0.05, 0) is 61.4 Å². The molecule has 0 bridgehead atoms. The van der Waals surface area contributed by atoms with Crippen molar-refractivity contribution in [2.75, 3.05) is 10.6 Å². The molecule has 0 aliphatic carbocycles. The van der Waals surface area contributed by atoms with Gasteiger partial charge in [0, 0.05) is 29.2 Å². The zero-order chi connectivity index (χ0) is 20.3. The van der Waals surface area contributed by atoms with Crippen LogP contribution in [0.3, 0.4) is 0 Å². The maximum Gasteiger partial charge on any atom is 0.274 e. The number of nitrogens with zero attached hydrogens (tertiary/aromatic N) is 1. The largest absolute Gasteiger partial charge is 0.322 e. The third-order valence-electron chi connectivity index (χ3n) is 3.91. The molecule has 0 fully saturated rings. The maximum absolute atomic E-state index is 13.3. The monoisotopic (exact) mass is 381 g/mol. The van der Waals surface area contributed by atoms with Crippen LogP contribution >= 0.6 is 0 Å². The second-order valence-corrected chi connectivity index (χ2v) is 6.34. The highest BCUT2D eigenvalue weighted by atomic mass is 19.2. The van der Waals surface area contributed by atoms with Crippen molar-refractivity contribution in [3.63, 3.8) is 0 Å². The average Bonchev–Trinajstić information content (AvgIpc) is 2.64. The van der Waals surface area contributed by atoms with Crippen LogP contribution in [0.15, 0.2) is 54.7 Å². The molecule has 2 aromatic carbocycles. The van der Waals surface area contributed by atoms with Crippen LogP contribution in [0.25, 0.3) is 0 Å². The first-order chi connectivity index (χ1) is 13.3. The number of hydrogen-bond donors (Lipinski definition) is 2. The predicted molar refractivity (Wildman–Crippen MR) is 102 cm³/mol. The van der Waals surface area contributed by atoms with Gasteiger partial charge in [0.1, 0.15) is 5.69 Å². The molecule has 0 spiro atoms. The number of halogens is 2. The van der Waals surface area contributed by atoms with E-state index in [-0.39, 0.29) is 16.9 Å². The molecular weight excluding hydrogens is 364 g/mol. The molecule has 0 saturated heterocycles. The van der Waals surface area contributed by atoms with Crippen molar-refractivity contribution < 1.29 is 18.4 Å². The SMILES string of the molecule is Cc1cc(C)cc(NC(=O)c2ccnc(C(=O)Nc3ccc(F)c(F)c3)c2)c1. The minimum Gasteiger partial charge on any atom is -0.322 e. The number of aromatic nitrogens is 1. The normalized spacial score (nSPS) is 10.4. The summed E-state index contributed by atoms with van der Waals surface area (Å²) in [6.45, 7) is 3.85. The first-order valence-corrected chi connectivity index (χ1v) is 8.44. The molecule has 0 aliphatic rings. The topological polar surface area (TPSA) is 71.1 Å². The Morgan fingerprint density at radius 2 is 1.46 bits per heavy atom. The summed E-state index contributed by atoms with van der Waals surface area (Å²) in [6, 6.07) is 11.5. The lowest BCUT2D eigenvalue weighted by Crippen LogP contribution is -2.17. The summed E-state index contributed by atoms with van der Waals surface area (Å²) in [4.78, 5) is 28.7. The van der Waals surface area contributed by atoms with Gasteiger partial charge in [-0.15, -0.1) is 0 Å². The van der Waals surface area contributed by atoms with Gasteiger partial charge in [0.15, 0.2) is 11.6 Å². The van der Waals surface area contributed by atoms with Gasteiger partial charge >= 0.3 is 0 Å². The Morgan fingerprint density at radius 1 is 0.786 bits per heavy atom. The fourth-order valence-electron chi connectivity index (χ4n) is 2.72. The van der Waals surface area contributed by atoms with E-state index in [0.29, 0.717) is 5.69 Å². The van der Waals surface area contributed by atoms with E-state index >= 15 is 0 Å². The Balaban J connectivity index is 1.76. The highest BCUT2D eigenvalue weighted by Crippen LogP contribution is 2.16. The Labute approximate surface area is 160 Å². The fraction of sp³-hybridized carbons (Fsp3) is 0.0952. The predicted octanol–water partition coefficient (Wildman–Crippen LogP) is 4.48. The third-order valence-corrected chi connectivity index (χ3v) is 3.91. The number of carbonyl (C=O) groups is 2. The molecule has 2 amide bonds. The van der Waals surface area contributed by atoms with Gasteiger partial charge in [0.25, 0.3) is 11.8 Å². The lowest BCUT2D eigenvalue weighted by Gasteiger charge is -2.09. The van der Waals surface area contributed by atoms with E-state index in [9.17, 15) is 18.4 Å². The Hall–Kier alpha value is -3.61. The molecule has 28 heavy (non-hydrogen) atoms. The van der Waals surface area contributed by atoms with Gasteiger partial charge in [-0.2, -0.15) is 0 Å². The molecule has 3 rings (SSSR count). The number of benzene rings is 2. The van der Waals surface area contributed by atoms with Crippen LogP contribution in [-0.2, 0) is 0 Å². The van der Waals surface area contributed by atoms with Crippen LogP contribution in [0, 0.1) is 25.5 Å². The van der Waals surface area contributed by atoms with Gasteiger partial charge in [0.2, 0.25) is 0 Å². The lowest BCUT2D eigenvalue weighted by atomic mass is 10.1. The van der Waals surface area contributed by atoms with Gasteiger partial charge < -0.3 is 10.6 Å². The first kappa shape index (κ1) is 19.2. The fourth-order valence-corrected chi connectivity index (χ4v) is 2.72. The molecule has 0 aliphatic heterocycles. The second kappa shape index (κ2) is 7.96. The molecule has 0 unspecified atom stereocenters. The van der Waals surface area contributed by atoms with Crippen LogP contribution in [-0.4, -0.2) is 16.8 Å². The molecule has 1 heterocycles. The van der Waals surface area contributed by atoms with Crippen LogP contribution in [0.5, 0.6) is 0 Å². The van der Waals surface area contributed by atoms with Crippen molar-refractivity contribution in [1.82, 2.24) is 4.98 Å². The van der Waals surface area contributed by atoms with Crippen molar-refractivity contribution in [3.05, 3.63) is 88.7 Å². The van der Waals surface area contributed by atoms with Crippen LogP contribution in [0.1, 0.15) is 32.0 Å². The molecule has 2 N–H and O–H groups in total. The summed E-state index contributed by atoms with van der Waals surface area (Å²) >= 11 is 0. The highest BCUT2D eigenvalue weighted by Gasteiger charge is 2.13. The number of aryl methyl sites for hydroxylation is 2. The number of anilines is 2. The van der Waals surface area contributed by atoms with E-state index in [0.717, 1.165) is 23.3 Å². The summed E-state index contributed by atoms with van der Waals surface area (Å²) < 4.78 is 26.3. The van der Waals surface area contributed by atoms with Crippen molar-refractivity contribution >= 4 is 23.2 Å². The standard InChI is InChI=1S/C21H17F2N3O2/c1-12-7-13(2)9-16(8-12)26-20(27)14-5-6-24-19(10-14)21(28)25-15-3-4-17(22)18(23)11-15/h3-11H,1-2H3,(H,25,28)(H,26,27). The number of carbonyl (C=O) groups excluding carboxylic acids is 2. The minimum absolute atomic E-state index is 0.0298. The molecule has 142 valence electrons. The summed E-state index contributed by atoms with van der Waals surface area (Å²) in [5, 5.41) is 5.20. The summed E-state index contributed by atoms with van der Waals surface area (Å²) in [7, 11) is 0. The average molecular weight is 381 g/mol. The van der Waals surface area contributed by atoms with Crippen molar-refractivity contribution in [3.8, 4) is 0 Å². The van der Waals surface area contributed by atoms with Crippen molar-refractivity contribution in [2.24, 2.45) is 0 Å². The number of nitrogens with one attached hydrogen (secondary N) is 2. The van der Waals surface area contributed by atoms with E-state index in [4.69, 9.17) is 0 Å². The minimum atomic E-state index is -1.08. The lowest BCUT2D eigenvalue weighted by molar-refractivity contribution is 0.102. The Bertz CT molecular complexity index is 1050. The van der Waals surface area contributed by atoms with Crippen LogP contribution < -0.4 is 10.6 Å². The molecule has 0 saturated carbocycles. The maximum atomic E-state index is 13.3. The van der Waals surface area contributed by atoms with E-state index in [2.05, 4.69) is 15.6 Å². The smallest absolute Gasteiger partial charge is 0.274 e. The Kier molecular flexibility index (Phi) is 5.44.